The Morgan fingerprint density at radius 1 is 1.28 bits per heavy atom. The number of H-pyrrole nitrogens is 1. The summed E-state index contributed by atoms with van der Waals surface area (Å²) in [5, 5.41) is 0.285. The third-order valence-corrected chi connectivity index (χ3v) is 5.04. The van der Waals surface area contributed by atoms with Crippen molar-refractivity contribution in [2.75, 3.05) is 6.54 Å². The second-order valence-electron chi connectivity index (χ2n) is 6.26. The summed E-state index contributed by atoms with van der Waals surface area (Å²) < 4.78 is 14.0. The molecule has 0 radical (unpaired) electrons. The molecule has 0 spiro atoms. The molecule has 0 aliphatic carbocycles. The first-order valence-corrected chi connectivity index (χ1v) is 8.68. The van der Waals surface area contributed by atoms with Crippen molar-refractivity contribution in [1.29, 1.82) is 0 Å². The Morgan fingerprint density at radius 2 is 2.12 bits per heavy atom. The number of carbonyl (C=O) groups excluding carboxylic acids is 1. The van der Waals surface area contributed by atoms with Crippen molar-refractivity contribution in [2.24, 2.45) is 0 Å². The number of imidazole rings is 1. The highest BCUT2D eigenvalue weighted by atomic mass is 35.5. The van der Waals surface area contributed by atoms with Gasteiger partial charge < -0.3 is 9.88 Å². The van der Waals surface area contributed by atoms with Crippen LogP contribution in [-0.2, 0) is 11.2 Å². The number of nitrogens with zero attached hydrogens (tertiary/aromatic N) is 2. The summed E-state index contributed by atoms with van der Waals surface area (Å²) in [5.74, 6) is 0.210. The van der Waals surface area contributed by atoms with Crippen LogP contribution in [0.3, 0.4) is 0 Å². The lowest BCUT2D eigenvalue weighted by Gasteiger charge is -2.23. The number of benzene rings is 2. The maximum Gasteiger partial charge on any atom is 0.227 e. The van der Waals surface area contributed by atoms with E-state index >= 15 is 0 Å². The molecule has 6 heteroatoms. The number of hydrogen-bond donors (Lipinski definition) is 1. The lowest BCUT2D eigenvalue weighted by atomic mass is 10.1. The van der Waals surface area contributed by atoms with Crippen LogP contribution < -0.4 is 0 Å². The van der Waals surface area contributed by atoms with Gasteiger partial charge >= 0.3 is 0 Å². The first kappa shape index (κ1) is 16.1. The van der Waals surface area contributed by atoms with E-state index in [4.69, 9.17) is 11.6 Å². The number of hydrogen-bond acceptors (Lipinski definition) is 2. The van der Waals surface area contributed by atoms with Gasteiger partial charge in [-0.25, -0.2) is 9.37 Å². The highest BCUT2D eigenvalue weighted by Crippen LogP contribution is 2.32. The Balaban J connectivity index is 1.59. The highest BCUT2D eigenvalue weighted by molar-refractivity contribution is 6.31. The van der Waals surface area contributed by atoms with Crippen LogP contribution in [0.15, 0.2) is 42.5 Å². The van der Waals surface area contributed by atoms with E-state index in [-0.39, 0.29) is 29.0 Å². The SMILES string of the molecule is O=C(Cc1c(F)cccc1Cl)N1CCCC1c1nc2ccccc2[nH]1. The van der Waals surface area contributed by atoms with Crippen molar-refractivity contribution < 1.29 is 9.18 Å². The van der Waals surface area contributed by atoms with Crippen molar-refractivity contribution in [3.8, 4) is 0 Å². The van der Waals surface area contributed by atoms with Gasteiger partial charge in [0.2, 0.25) is 5.91 Å². The fourth-order valence-corrected chi connectivity index (χ4v) is 3.66. The zero-order valence-electron chi connectivity index (χ0n) is 13.5. The Morgan fingerprint density at radius 3 is 2.92 bits per heavy atom. The van der Waals surface area contributed by atoms with Crippen molar-refractivity contribution in [2.45, 2.75) is 25.3 Å². The van der Waals surface area contributed by atoms with E-state index in [0.717, 1.165) is 29.7 Å². The van der Waals surface area contributed by atoms with Gasteiger partial charge in [0, 0.05) is 17.1 Å². The Labute approximate surface area is 149 Å². The molecule has 0 saturated carbocycles. The minimum absolute atomic E-state index is 0.0394. The predicted octanol–water partition coefficient (Wildman–Crippen LogP) is 4.26. The van der Waals surface area contributed by atoms with E-state index in [9.17, 15) is 9.18 Å². The number of nitrogens with one attached hydrogen (secondary N) is 1. The molecule has 3 aromatic rings. The van der Waals surface area contributed by atoms with Crippen molar-refractivity contribution in [3.63, 3.8) is 0 Å². The monoisotopic (exact) mass is 357 g/mol. The van der Waals surface area contributed by atoms with Gasteiger partial charge in [0.25, 0.3) is 0 Å². The summed E-state index contributed by atoms with van der Waals surface area (Å²) in [6.07, 6.45) is 1.71. The lowest BCUT2D eigenvalue weighted by Crippen LogP contribution is -2.32. The van der Waals surface area contributed by atoms with Crippen molar-refractivity contribution in [1.82, 2.24) is 14.9 Å². The second kappa shape index (κ2) is 6.48. The normalized spacial score (nSPS) is 17.4. The molecule has 1 atom stereocenters. The fraction of sp³-hybridized carbons (Fsp3) is 0.263. The molecule has 4 nitrogen and oxygen atoms in total. The van der Waals surface area contributed by atoms with Crippen LogP contribution in [0.2, 0.25) is 5.02 Å². The van der Waals surface area contributed by atoms with Crippen LogP contribution in [0.1, 0.15) is 30.3 Å². The molecule has 1 aliphatic rings. The van der Waals surface area contributed by atoms with Crippen LogP contribution in [-0.4, -0.2) is 27.3 Å². The average Bonchev–Trinajstić information content (AvgIpc) is 3.24. The van der Waals surface area contributed by atoms with Crippen LogP contribution in [0.4, 0.5) is 4.39 Å². The smallest absolute Gasteiger partial charge is 0.227 e. The van der Waals surface area contributed by atoms with Gasteiger partial charge in [0.15, 0.2) is 0 Å². The third-order valence-electron chi connectivity index (χ3n) is 4.69. The van der Waals surface area contributed by atoms with E-state index in [1.807, 2.05) is 24.3 Å². The van der Waals surface area contributed by atoms with Crippen LogP contribution >= 0.6 is 11.6 Å². The number of aromatic amines is 1. The topological polar surface area (TPSA) is 49.0 Å². The zero-order valence-corrected chi connectivity index (χ0v) is 14.3. The predicted molar refractivity (Wildman–Crippen MR) is 94.9 cm³/mol. The van der Waals surface area contributed by atoms with Crippen molar-refractivity contribution in [3.05, 3.63) is 64.7 Å². The average molecular weight is 358 g/mol. The Hall–Kier alpha value is -2.40. The molecule has 1 N–H and O–H groups in total. The standard InChI is InChI=1S/C19H17ClFN3O/c20-13-5-3-6-14(21)12(13)11-18(25)24-10-4-9-17(24)19-22-15-7-1-2-8-16(15)23-19/h1-3,5-8,17H,4,9-11H2,(H,22,23). The lowest BCUT2D eigenvalue weighted by molar-refractivity contribution is -0.131. The molecule has 2 aromatic carbocycles. The van der Waals surface area contributed by atoms with E-state index in [1.54, 1.807) is 17.0 Å². The van der Waals surface area contributed by atoms with E-state index in [1.165, 1.54) is 6.07 Å². The summed E-state index contributed by atoms with van der Waals surface area (Å²) >= 11 is 6.06. The Kier molecular flexibility index (Phi) is 4.17. The molecule has 1 aliphatic heterocycles. The minimum Gasteiger partial charge on any atom is -0.340 e. The van der Waals surface area contributed by atoms with Crippen LogP contribution in [0.5, 0.6) is 0 Å². The molecule has 2 heterocycles. The molecule has 1 aromatic heterocycles. The van der Waals surface area contributed by atoms with Gasteiger partial charge in [-0.05, 0) is 37.1 Å². The maximum atomic E-state index is 14.0. The van der Waals surface area contributed by atoms with Crippen LogP contribution in [0, 0.1) is 5.82 Å². The van der Waals surface area contributed by atoms with Gasteiger partial charge in [0.1, 0.15) is 11.6 Å². The fourth-order valence-electron chi connectivity index (χ4n) is 3.43. The summed E-state index contributed by atoms with van der Waals surface area (Å²) in [6, 6.07) is 12.2. The van der Waals surface area contributed by atoms with E-state index in [2.05, 4.69) is 9.97 Å². The zero-order chi connectivity index (χ0) is 17.4. The molecular formula is C19H17ClFN3O. The summed E-state index contributed by atoms with van der Waals surface area (Å²) in [7, 11) is 0. The number of likely N-dealkylation sites (tertiary alicyclic amines) is 1. The van der Waals surface area contributed by atoms with Crippen molar-refractivity contribution >= 4 is 28.5 Å². The number of carbonyl (C=O) groups is 1. The molecule has 4 rings (SSSR count). The minimum atomic E-state index is -0.444. The Bertz CT molecular complexity index is 886. The molecular weight excluding hydrogens is 341 g/mol. The number of rotatable bonds is 3. The first-order chi connectivity index (χ1) is 12.1. The first-order valence-electron chi connectivity index (χ1n) is 8.30. The molecule has 128 valence electrons. The number of aromatic nitrogens is 2. The number of para-hydroxylation sites is 2. The number of halogens is 2. The number of amides is 1. The van der Waals surface area contributed by atoms with E-state index < -0.39 is 5.82 Å². The number of fused-ring (bicyclic) bond motifs is 1. The maximum absolute atomic E-state index is 14.0. The summed E-state index contributed by atoms with van der Waals surface area (Å²) in [4.78, 5) is 22.5. The van der Waals surface area contributed by atoms with Crippen LogP contribution in [0.25, 0.3) is 11.0 Å². The van der Waals surface area contributed by atoms with Gasteiger partial charge in [-0.15, -0.1) is 0 Å². The quantitative estimate of drug-likeness (QED) is 0.761. The summed E-state index contributed by atoms with van der Waals surface area (Å²) in [6.45, 7) is 0.645. The highest BCUT2D eigenvalue weighted by Gasteiger charge is 2.32. The molecule has 25 heavy (non-hydrogen) atoms. The summed E-state index contributed by atoms with van der Waals surface area (Å²) in [5.41, 5.74) is 2.09. The van der Waals surface area contributed by atoms with Gasteiger partial charge in [-0.3, -0.25) is 4.79 Å². The molecule has 1 unspecified atom stereocenters. The second-order valence-corrected chi connectivity index (χ2v) is 6.67. The van der Waals surface area contributed by atoms with Gasteiger partial charge in [0.05, 0.1) is 23.5 Å². The molecule has 0 bridgehead atoms. The van der Waals surface area contributed by atoms with E-state index in [0.29, 0.717) is 6.54 Å². The molecule has 1 saturated heterocycles. The largest absolute Gasteiger partial charge is 0.340 e. The third kappa shape index (κ3) is 3.00. The molecule has 1 amide bonds. The van der Waals surface area contributed by atoms with Gasteiger partial charge in [-0.2, -0.15) is 0 Å². The molecule has 1 fully saturated rings. The van der Waals surface area contributed by atoms with Gasteiger partial charge in [-0.1, -0.05) is 29.8 Å².